The van der Waals surface area contributed by atoms with Crippen LogP contribution in [0.1, 0.15) is 16.1 Å². The summed E-state index contributed by atoms with van der Waals surface area (Å²) in [6, 6.07) is 19.6. The zero-order valence-electron chi connectivity index (χ0n) is 12.8. The highest BCUT2D eigenvalue weighted by molar-refractivity contribution is 7.16. The second-order valence-corrected chi connectivity index (χ2v) is 5.93. The molecule has 0 aliphatic rings. The van der Waals surface area contributed by atoms with Crippen LogP contribution in [-0.4, -0.2) is 16.1 Å². The molecule has 2 aromatic carbocycles. The van der Waals surface area contributed by atoms with Crippen molar-refractivity contribution < 1.29 is 4.79 Å². The first kappa shape index (κ1) is 15.8. The maximum atomic E-state index is 11.9. The van der Waals surface area contributed by atoms with Gasteiger partial charge in [0.15, 0.2) is 0 Å². The van der Waals surface area contributed by atoms with Crippen molar-refractivity contribution in [2.45, 2.75) is 0 Å². The van der Waals surface area contributed by atoms with Crippen molar-refractivity contribution in [1.29, 1.82) is 0 Å². The van der Waals surface area contributed by atoms with Gasteiger partial charge >= 0.3 is 0 Å². The molecule has 4 nitrogen and oxygen atoms in total. The third kappa shape index (κ3) is 4.72. The van der Waals surface area contributed by atoms with Crippen LogP contribution in [0.3, 0.4) is 0 Å². The van der Waals surface area contributed by atoms with Gasteiger partial charge in [0, 0.05) is 6.08 Å². The van der Waals surface area contributed by atoms with Crippen molar-refractivity contribution in [2.24, 2.45) is 0 Å². The van der Waals surface area contributed by atoms with E-state index in [1.807, 2.05) is 72.8 Å². The van der Waals surface area contributed by atoms with E-state index >= 15 is 0 Å². The van der Waals surface area contributed by atoms with E-state index in [1.54, 1.807) is 6.08 Å². The van der Waals surface area contributed by atoms with Gasteiger partial charge in [0.25, 0.3) is 0 Å². The van der Waals surface area contributed by atoms with Crippen LogP contribution in [-0.2, 0) is 4.79 Å². The zero-order valence-corrected chi connectivity index (χ0v) is 13.6. The summed E-state index contributed by atoms with van der Waals surface area (Å²) in [5.74, 6) is -0.228. The Bertz CT molecular complexity index is 855. The van der Waals surface area contributed by atoms with Gasteiger partial charge in [0.05, 0.1) is 0 Å². The molecule has 1 amide bonds. The lowest BCUT2D eigenvalue weighted by atomic mass is 10.2. The van der Waals surface area contributed by atoms with Crippen LogP contribution in [0, 0.1) is 0 Å². The highest BCUT2D eigenvalue weighted by atomic mass is 32.1. The van der Waals surface area contributed by atoms with Crippen LogP contribution in [0.4, 0.5) is 5.13 Å². The minimum Gasteiger partial charge on any atom is -0.297 e. The standard InChI is InChI=1S/C19H15N3OS/c23-17(13-11-15-7-3-1-4-8-15)20-19-22-21-18(24-19)14-12-16-9-5-2-6-10-16/h1-14H,(H,20,22,23)/b13-11+,14-12+. The first-order chi connectivity index (χ1) is 11.8. The van der Waals surface area contributed by atoms with Gasteiger partial charge in [0.2, 0.25) is 11.0 Å². The summed E-state index contributed by atoms with van der Waals surface area (Å²) >= 11 is 1.33. The number of hydrogen-bond acceptors (Lipinski definition) is 4. The van der Waals surface area contributed by atoms with E-state index in [1.165, 1.54) is 17.4 Å². The molecule has 5 heteroatoms. The quantitative estimate of drug-likeness (QED) is 0.706. The summed E-state index contributed by atoms with van der Waals surface area (Å²) < 4.78 is 0. The zero-order chi connectivity index (χ0) is 16.6. The monoisotopic (exact) mass is 333 g/mol. The van der Waals surface area contributed by atoms with Gasteiger partial charge in [-0.05, 0) is 23.3 Å². The fraction of sp³-hybridized carbons (Fsp3) is 0. The van der Waals surface area contributed by atoms with Gasteiger partial charge in [-0.15, -0.1) is 10.2 Å². The Morgan fingerprint density at radius 1 is 0.833 bits per heavy atom. The van der Waals surface area contributed by atoms with Crippen molar-refractivity contribution in [1.82, 2.24) is 10.2 Å². The van der Waals surface area contributed by atoms with E-state index in [4.69, 9.17) is 0 Å². The van der Waals surface area contributed by atoms with Crippen LogP contribution < -0.4 is 5.32 Å². The number of benzene rings is 2. The topological polar surface area (TPSA) is 54.9 Å². The second-order valence-electron chi connectivity index (χ2n) is 4.92. The molecule has 0 unspecified atom stereocenters. The molecule has 0 bridgehead atoms. The van der Waals surface area contributed by atoms with Crippen molar-refractivity contribution in [3.05, 3.63) is 82.9 Å². The third-order valence-corrected chi connectivity index (χ3v) is 3.92. The molecule has 3 aromatic rings. The maximum absolute atomic E-state index is 11.9. The number of nitrogens with one attached hydrogen (secondary N) is 1. The molecular weight excluding hydrogens is 318 g/mol. The number of hydrogen-bond donors (Lipinski definition) is 1. The van der Waals surface area contributed by atoms with Gasteiger partial charge in [-0.2, -0.15) is 0 Å². The van der Waals surface area contributed by atoms with E-state index in [0.717, 1.165) is 16.1 Å². The molecule has 3 rings (SSSR count). The number of aromatic nitrogens is 2. The minimum atomic E-state index is -0.228. The van der Waals surface area contributed by atoms with Crippen molar-refractivity contribution in [3.63, 3.8) is 0 Å². The number of carbonyl (C=O) groups excluding carboxylic acids is 1. The lowest BCUT2D eigenvalue weighted by Crippen LogP contribution is -2.07. The largest absolute Gasteiger partial charge is 0.297 e. The number of rotatable bonds is 5. The van der Waals surface area contributed by atoms with Gasteiger partial charge < -0.3 is 0 Å². The number of nitrogens with zero attached hydrogens (tertiary/aromatic N) is 2. The van der Waals surface area contributed by atoms with E-state index in [9.17, 15) is 4.79 Å². The predicted octanol–water partition coefficient (Wildman–Crippen LogP) is 4.36. The molecule has 0 saturated carbocycles. The lowest BCUT2D eigenvalue weighted by Gasteiger charge is -1.94. The first-order valence-electron chi connectivity index (χ1n) is 7.40. The highest BCUT2D eigenvalue weighted by Crippen LogP contribution is 2.17. The molecule has 1 heterocycles. The molecule has 1 aromatic heterocycles. The van der Waals surface area contributed by atoms with Crippen LogP contribution in [0.2, 0.25) is 0 Å². The molecule has 0 fully saturated rings. The van der Waals surface area contributed by atoms with E-state index in [2.05, 4.69) is 15.5 Å². The average molecular weight is 333 g/mol. The number of anilines is 1. The van der Waals surface area contributed by atoms with Crippen LogP contribution >= 0.6 is 11.3 Å². The summed E-state index contributed by atoms with van der Waals surface area (Å²) in [5, 5.41) is 12.0. The van der Waals surface area contributed by atoms with Crippen LogP contribution in [0.15, 0.2) is 66.7 Å². The number of amides is 1. The molecular formula is C19H15N3OS. The lowest BCUT2D eigenvalue weighted by molar-refractivity contribution is -0.111. The van der Waals surface area contributed by atoms with Gasteiger partial charge in [-0.3, -0.25) is 10.1 Å². The Balaban J connectivity index is 1.58. The average Bonchev–Trinajstić information content (AvgIpc) is 3.07. The molecule has 118 valence electrons. The van der Waals surface area contributed by atoms with Gasteiger partial charge in [0.1, 0.15) is 5.01 Å². The fourth-order valence-corrected chi connectivity index (χ4v) is 2.62. The molecule has 1 N–H and O–H groups in total. The van der Waals surface area contributed by atoms with Crippen LogP contribution in [0.5, 0.6) is 0 Å². The smallest absolute Gasteiger partial charge is 0.250 e. The summed E-state index contributed by atoms with van der Waals surface area (Å²) in [5.41, 5.74) is 2.06. The number of carbonyl (C=O) groups is 1. The maximum Gasteiger partial charge on any atom is 0.250 e. The third-order valence-electron chi connectivity index (χ3n) is 3.12. The summed E-state index contributed by atoms with van der Waals surface area (Å²) in [6.07, 6.45) is 7.08. The van der Waals surface area contributed by atoms with Crippen molar-refractivity contribution >= 4 is 40.6 Å². The minimum absolute atomic E-state index is 0.228. The van der Waals surface area contributed by atoms with Crippen molar-refractivity contribution in [2.75, 3.05) is 5.32 Å². The predicted molar refractivity (Wildman–Crippen MR) is 99.4 cm³/mol. The highest BCUT2D eigenvalue weighted by Gasteiger charge is 2.04. The normalized spacial score (nSPS) is 11.2. The Labute approximate surface area is 144 Å². The Morgan fingerprint density at radius 2 is 1.46 bits per heavy atom. The summed E-state index contributed by atoms with van der Waals surface area (Å²) in [7, 11) is 0. The molecule has 0 aliphatic carbocycles. The first-order valence-corrected chi connectivity index (χ1v) is 8.22. The second kappa shape index (κ2) is 7.99. The molecule has 0 saturated heterocycles. The van der Waals surface area contributed by atoms with E-state index in [-0.39, 0.29) is 5.91 Å². The van der Waals surface area contributed by atoms with E-state index in [0.29, 0.717) is 5.13 Å². The van der Waals surface area contributed by atoms with Gasteiger partial charge in [-0.1, -0.05) is 78.1 Å². The molecule has 0 atom stereocenters. The fourth-order valence-electron chi connectivity index (χ4n) is 1.97. The Hall–Kier alpha value is -3.05. The Kier molecular flexibility index (Phi) is 5.27. The van der Waals surface area contributed by atoms with E-state index < -0.39 is 0 Å². The molecule has 0 radical (unpaired) electrons. The summed E-state index contributed by atoms with van der Waals surface area (Å²) in [4.78, 5) is 11.9. The Morgan fingerprint density at radius 3 is 2.12 bits per heavy atom. The van der Waals surface area contributed by atoms with Crippen molar-refractivity contribution in [3.8, 4) is 0 Å². The van der Waals surface area contributed by atoms with Gasteiger partial charge in [-0.25, -0.2) is 0 Å². The SMILES string of the molecule is O=C(/C=C/c1ccccc1)Nc1nnc(/C=C/c2ccccc2)s1. The molecule has 0 spiro atoms. The molecule has 0 aliphatic heterocycles. The molecule has 24 heavy (non-hydrogen) atoms. The van der Waals surface area contributed by atoms with Crippen LogP contribution in [0.25, 0.3) is 18.2 Å². The summed E-state index contributed by atoms with van der Waals surface area (Å²) in [6.45, 7) is 0.